The highest BCUT2D eigenvalue weighted by atomic mass is 32.1. The molecule has 1 rings (SSSR count). The zero-order chi connectivity index (χ0) is 10.7. The van der Waals surface area contributed by atoms with E-state index in [1.165, 1.54) is 0 Å². The minimum atomic E-state index is 0.501. The first kappa shape index (κ1) is 11.0. The van der Waals surface area contributed by atoms with Crippen molar-refractivity contribution in [1.82, 2.24) is 0 Å². The topological polar surface area (TPSA) is 18.5 Å². The molecule has 0 amide bonds. The fourth-order valence-electron chi connectivity index (χ4n) is 1.47. The predicted molar refractivity (Wildman–Crippen MR) is 61.2 cm³/mol. The first-order valence-electron chi connectivity index (χ1n) is 4.34. The molecular formula is C11H14O2S. The van der Waals surface area contributed by atoms with Crippen LogP contribution in [-0.2, 0) is 4.74 Å². The monoisotopic (exact) mass is 210 g/mol. The van der Waals surface area contributed by atoms with E-state index in [1.807, 2.05) is 26.0 Å². The van der Waals surface area contributed by atoms with E-state index in [1.54, 1.807) is 14.2 Å². The minimum absolute atomic E-state index is 0.501. The average molecular weight is 210 g/mol. The van der Waals surface area contributed by atoms with Crippen LogP contribution in [0.15, 0.2) is 12.1 Å². The van der Waals surface area contributed by atoms with Crippen molar-refractivity contribution in [3.05, 3.63) is 28.8 Å². The number of ether oxygens (including phenoxy) is 2. The van der Waals surface area contributed by atoms with E-state index >= 15 is 0 Å². The molecule has 0 N–H and O–H groups in total. The van der Waals surface area contributed by atoms with Gasteiger partial charge in [0.05, 0.1) is 14.2 Å². The number of benzene rings is 1. The second kappa shape index (κ2) is 4.42. The molecule has 0 saturated carbocycles. The fraction of sp³-hybridized carbons (Fsp3) is 0.364. The van der Waals surface area contributed by atoms with Gasteiger partial charge in [0.1, 0.15) is 5.75 Å². The lowest BCUT2D eigenvalue weighted by Crippen LogP contribution is -2.04. The maximum absolute atomic E-state index is 5.30. The molecule has 0 aliphatic heterocycles. The molecule has 0 atom stereocenters. The number of aryl methyl sites for hydroxylation is 1. The molecule has 0 aliphatic carbocycles. The number of hydrogen-bond donors (Lipinski definition) is 0. The number of thiocarbonyl (C=S) groups is 1. The van der Waals surface area contributed by atoms with Crippen molar-refractivity contribution in [3.8, 4) is 5.75 Å². The highest BCUT2D eigenvalue weighted by molar-refractivity contribution is 7.80. The van der Waals surface area contributed by atoms with E-state index < -0.39 is 0 Å². The molecule has 0 heterocycles. The predicted octanol–water partition coefficient (Wildman–Crippen LogP) is 2.63. The van der Waals surface area contributed by atoms with E-state index in [2.05, 4.69) is 0 Å². The third kappa shape index (κ3) is 1.87. The summed E-state index contributed by atoms with van der Waals surface area (Å²) in [6.45, 7) is 3.98. The SMILES string of the molecule is COC(=S)c1ccc(C)c(OC)c1C. The summed E-state index contributed by atoms with van der Waals surface area (Å²) in [6, 6.07) is 3.94. The Morgan fingerprint density at radius 1 is 1.21 bits per heavy atom. The zero-order valence-corrected chi connectivity index (χ0v) is 9.70. The van der Waals surface area contributed by atoms with Crippen LogP contribution >= 0.6 is 12.2 Å². The van der Waals surface area contributed by atoms with Crippen LogP contribution in [0, 0.1) is 13.8 Å². The van der Waals surface area contributed by atoms with Crippen molar-refractivity contribution in [2.75, 3.05) is 14.2 Å². The largest absolute Gasteiger partial charge is 0.496 e. The molecule has 0 aromatic heterocycles. The summed E-state index contributed by atoms with van der Waals surface area (Å²) >= 11 is 5.08. The Kier molecular flexibility index (Phi) is 3.47. The summed E-state index contributed by atoms with van der Waals surface area (Å²) in [5.41, 5.74) is 3.05. The Hall–Kier alpha value is -1.09. The summed E-state index contributed by atoms with van der Waals surface area (Å²) in [4.78, 5) is 0. The average Bonchev–Trinajstić information content (AvgIpc) is 2.18. The second-order valence-corrected chi connectivity index (χ2v) is 3.45. The quantitative estimate of drug-likeness (QED) is 0.699. The lowest BCUT2D eigenvalue weighted by Gasteiger charge is -2.12. The van der Waals surface area contributed by atoms with Crippen LogP contribution in [0.4, 0.5) is 0 Å². The highest BCUT2D eigenvalue weighted by Crippen LogP contribution is 2.26. The Morgan fingerprint density at radius 3 is 2.36 bits per heavy atom. The van der Waals surface area contributed by atoms with Gasteiger partial charge in [-0.2, -0.15) is 0 Å². The molecule has 1 aromatic rings. The fourth-order valence-corrected chi connectivity index (χ4v) is 1.69. The first-order chi connectivity index (χ1) is 6.61. The van der Waals surface area contributed by atoms with Gasteiger partial charge < -0.3 is 9.47 Å². The number of hydrogen-bond acceptors (Lipinski definition) is 3. The van der Waals surface area contributed by atoms with Gasteiger partial charge in [-0.3, -0.25) is 0 Å². The molecule has 2 nitrogen and oxygen atoms in total. The smallest absolute Gasteiger partial charge is 0.191 e. The lowest BCUT2D eigenvalue weighted by molar-refractivity contribution is 0.404. The molecular weight excluding hydrogens is 196 g/mol. The Balaban J connectivity index is 3.28. The van der Waals surface area contributed by atoms with Gasteiger partial charge in [0.25, 0.3) is 0 Å². The van der Waals surface area contributed by atoms with Crippen molar-refractivity contribution in [1.29, 1.82) is 0 Å². The van der Waals surface area contributed by atoms with E-state index in [0.717, 1.165) is 22.4 Å². The van der Waals surface area contributed by atoms with Crippen molar-refractivity contribution in [2.24, 2.45) is 0 Å². The third-order valence-corrected chi connectivity index (χ3v) is 2.60. The molecule has 0 saturated heterocycles. The van der Waals surface area contributed by atoms with Crippen molar-refractivity contribution in [3.63, 3.8) is 0 Å². The zero-order valence-electron chi connectivity index (χ0n) is 8.88. The van der Waals surface area contributed by atoms with Crippen molar-refractivity contribution < 1.29 is 9.47 Å². The standard InChI is InChI=1S/C11H14O2S/c1-7-5-6-9(11(14)13-4)8(2)10(7)12-3/h5-6H,1-4H3. The molecule has 1 aromatic carbocycles. The van der Waals surface area contributed by atoms with Gasteiger partial charge in [0.15, 0.2) is 5.05 Å². The Morgan fingerprint density at radius 2 is 1.86 bits per heavy atom. The van der Waals surface area contributed by atoms with Gasteiger partial charge in [-0.25, -0.2) is 0 Å². The molecule has 0 unspecified atom stereocenters. The number of methoxy groups -OCH3 is 2. The summed E-state index contributed by atoms with van der Waals surface area (Å²) < 4.78 is 10.3. The molecule has 76 valence electrons. The minimum Gasteiger partial charge on any atom is -0.496 e. The molecule has 3 heteroatoms. The van der Waals surface area contributed by atoms with E-state index in [9.17, 15) is 0 Å². The van der Waals surface area contributed by atoms with E-state index in [0.29, 0.717) is 5.05 Å². The van der Waals surface area contributed by atoms with Crippen LogP contribution in [0.5, 0.6) is 5.75 Å². The van der Waals surface area contributed by atoms with Crippen molar-refractivity contribution >= 4 is 17.3 Å². The van der Waals surface area contributed by atoms with Gasteiger partial charge in [0.2, 0.25) is 0 Å². The van der Waals surface area contributed by atoms with Gasteiger partial charge >= 0.3 is 0 Å². The highest BCUT2D eigenvalue weighted by Gasteiger charge is 2.11. The summed E-state index contributed by atoms with van der Waals surface area (Å²) in [7, 11) is 3.24. The molecule has 14 heavy (non-hydrogen) atoms. The van der Waals surface area contributed by atoms with Crippen LogP contribution in [0.2, 0.25) is 0 Å². The lowest BCUT2D eigenvalue weighted by atomic mass is 10.0. The van der Waals surface area contributed by atoms with Gasteiger partial charge in [-0.1, -0.05) is 6.07 Å². The maximum atomic E-state index is 5.30. The summed E-state index contributed by atoms with van der Waals surface area (Å²) in [6.07, 6.45) is 0. The Labute approximate surface area is 89.8 Å². The van der Waals surface area contributed by atoms with Crippen LogP contribution in [0.25, 0.3) is 0 Å². The third-order valence-electron chi connectivity index (χ3n) is 2.21. The normalized spacial score (nSPS) is 9.71. The Bertz CT molecular complexity index is 359. The van der Waals surface area contributed by atoms with Gasteiger partial charge in [-0.15, -0.1) is 0 Å². The van der Waals surface area contributed by atoms with Crippen molar-refractivity contribution in [2.45, 2.75) is 13.8 Å². The molecule has 0 bridgehead atoms. The first-order valence-corrected chi connectivity index (χ1v) is 4.75. The van der Waals surface area contributed by atoms with Gasteiger partial charge in [-0.05, 0) is 37.7 Å². The van der Waals surface area contributed by atoms with Crippen LogP contribution in [0.3, 0.4) is 0 Å². The summed E-state index contributed by atoms with van der Waals surface area (Å²) in [5.74, 6) is 0.877. The van der Waals surface area contributed by atoms with E-state index in [4.69, 9.17) is 21.7 Å². The molecule has 0 fully saturated rings. The van der Waals surface area contributed by atoms with E-state index in [-0.39, 0.29) is 0 Å². The molecule has 0 radical (unpaired) electrons. The van der Waals surface area contributed by atoms with Crippen LogP contribution in [-0.4, -0.2) is 19.3 Å². The second-order valence-electron chi connectivity index (χ2n) is 3.08. The molecule has 0 spiro atoms. The van der Waals surface area contributed by atoms with Gasteiger partial charge in [0, 0.05) is 11.1 Å². The van der Waals surface area contributed by atoms with Crippen LogP contribution < -0.4 is 4.74 Å². The number of rotatable bonds is 2. The molecule has 0 aliphatic rings. The van der Waals surface area contributed by atoms with Crippen LogP contribution in [0.1, 0.15) is 16.7 Å². The maximum Gasteiger partial charge on any atom is 0.191 e. The summed E-state index contributed by atoms with van der Waals surface area (Å²) in [5, 5.41) is 0.501.